The van der Waals surface area contributed by atoms with Crippen LogP contribution in [0.25, 0.3) is 35.5 Å². The van der Waals surface area contributed by atoms with E-state index in [1.807, 2.05) is 9.80 Å². The van der Waals surface area contributed by atoms with Crippen LogP contribution < -0.4 is 10.6 Å². The summed E-state index contributed by atoms with van der Waals surface area (Å²) in [6.45, 7) is 9.51. The average Bonchev–Trinajstić information content (AvgIpc) is 3.59. The lowest BCUT2D eigenvalue weighted by molar-refractivity contribution is -0.132. The van der Waals surface area contributed by atoms with Gasteiger partial charge in [-0.2, -0.15) is 0 Å². The first-order valence-electron chi connectivity index (χ1n) is 22.7. The van der Waals surface area contributed by atoms with Gasteiger partial charge in [0.25, 0.3) is 0 Å². The van der Waals surface area contributed by atoms with E-state index in [9.17, 15) is 24.3 Å². The van der Waals surface area contributed by atoms with Gasteiger partial charge in [-0.3, -0.25) is 9.59 Å². The van der Waals surface area contributed by atoms with Gasteiger partial charge in [0, 0.05) is 32.6 Å². The van der Waals surface area contributed by atoms with Gasteiger partial charge < -0.3 is 35.0 Å². The van der Waals surface area contributed by atoms with Crippen LogP contribution in [-0.4, -0.2) is 96.5 Å². The van der Waals surface area contributed by atoms with Gasteiger partial charge in [-0.05, 0) is 109 Å². The fraction of sp³-hybridized carbons (Fsp3) is 0.368. The molecular formula is C57H72N4O7. The molecule has 4 aliphatic rings. The number of carbonyl (C=O) groups excluding carboxylic acids is 4. The lowest BCUT2D eigenvalue weighted by Crippen LogP contribution is -2.44. The predicted octanol–water partition coefficient (Wildman–Crippen LogP) is 11.1. The highest BCUT2D eigenvalue weighted by atomic mass is 16.6. The van der Waals surface area contributed by atoms with Gasteiger partial charge >= 0.3 is 12.2 Å². The number of hydrogen-bond acceptors (Lipinski definition) is 7. The predicted molar refractivity (Wildman–Crippen MR) is 277 cm³/mol. The van der Waals surface area contributed by atoms with Crippen molar-refractivity contribution in [3.63, 3.8) is 0 Å². The summed E-state index contributed by atoms with van der Waals surface area (Å²) in [5.41, 5.74) is 14.5. The quantitative estimate of drug-likeness (QED) is 0.145. The van der Waals surface area contributed by atoms with Crippen LogP contribution in [0.1, 0.15) is 127 Å². The molecule has 2 fully saturated rings. The molecule has 2 aliphatic carbocycles. The Bertz CT molecular complexity index is 2410. The fourth-order valence-corrected chi connectivity index (χ4v) is 8.86. The standard InChI is InChI=1S/C27H30N2O4.C27H30N2O3.3CH4/c1-2-33-27(32)28-22(18-30)17-25(31)29-15-13-21(14-16-29)26-23-9-5-3-7-19(23)11-12-20-8-4-6-10-24(20)26;1-27(2,3)32-26(31)28-18-24(30)29-16-14-21(15-17-29)25-22-10-6-4-8-19(22)12-13-20-9-5-7-11-23(20)25;;;/h3-12,22,30H,2,13-18H2,1H3,(H,28,32);4-13H,14-18H2,1-3H3,(H,28,31);3*1H4/t22-;;;;/m1..../s1. The zero-order chi connectivity index (χ0) is 45.9. The molecule has 11 heteroatoms. The van der Waals surface area contributed by atoms with Crippen molar-refractivity contribution in [2.75, 3.05) is 45.9 Å². The molecule has 0 spiro atoms. The van der Waals surface area contributed by atoms with Crippen LogP contribution in [0.3, 0.4) is 0 Å². The minimum atomic E-state index is -0.650. The van der Waals surface area contributed by atoms with E-state index in [0.29, 0.717) is 26.2 Å². The molecule has 0 saturated carbocycles. The first-order valence-corrected chi connectivity index (χ1v) is 22.7. The molecule has 3 N–H and O–H groups in total. The molecule has 1 atom stereocenters. The number of aliphatic hydroxyl groups excluding tert-OH is 1. The van der Waals surface area contributed by atoms with E-state index in [0.717, 1.165) is 25.7 Å². The molecule has 4 amide bonds. The van der Waals surface area contributed by atoms with Crippen LogP contribution in [0, 0.1) is 0 Å². The number of nitrogens with zero attached hydrogens (tertiary/aromatic N) is 2. The third-order valence-corrected chi connectivity index (χ3v) is 12.0. The van der Waals surface area contributed by atoms with E-state index >= 15 is 0 Å². The molecule has 0 aromatic heterocycles. The smallest absolute Gasteiger partial charge is 0.408 e. The molecular weight excluding hydrogens is 853 g/mol. The monoisotopic (exact) mass is 925 g/mol. The van der Waals surface area contributed by atoms with Crippen LogP contribution in [0.2, 0.25) is 0 Å². The number of ether oxygens (including phenoxy) is 2. The van der Waals surface area contributed by atoms with E-state index in [-0.39, 0.29) is 60.3 Å². The second-order valence-corrected chi connectivity index (χ2v) is 17.5. The second kappa shape index (κ2) is 24.9. The number of hydrogen-bond donors (Lipinski definition) is 3. The third kappa shape index (κ3) is 13.5. The molecule has 0 unspecified atom stereocenters. The van der Waals surface area contributed by atoms with Crippen molar-refractivity contribution in [2.24, 2.45) is 0 Å². The Hall–Kier alpha value is -6.72. The van der Waals surface area contributed by atoms with Gasteiger partial charge in [-0.25, -0.2) is 9.59 Å². The number of nitrogens with one attached hydrogen (secondary N) is 2. The van der Waals surface area contributed by atoms with E-state index < -0.39 is 23.8 Å². The first kappa shape index (κ1) is 53.9. The zero-order valence-corrected chi connectivity index (χ0v) is 37.9. The molecule has 8 rings (SSSR count). The highest BCUT2D eigenvalue weighted by Crippen LogP contribution is 2.40. The number of alkyl carbamates (subject to hydrolysis) is 2. The molecule has 11 nitrogen and oxygen atoms in total. The molecule has 2 saturated heterocycles. The molecule has 0 radical (unpaired) electrons. The maximum Gasteiger partial charge on any atom is 0.408 e. The summed E-state index contributed by atoms with van der Waals surface area (Å²) in [4.78, 5) is 52.6. The van der Waals surface area contributed by atoms with Crippen molar-refractivity contribution in [3.05, 3.63) is 153 Å². The van der Waals surface area contributed by atoms with Gasteiger partial charge in [0.05, 0.1) is 19.3 Å². The maximum absolute atomic E-state index is 12.8. The summed E-state index contributed by atoms with van der Waals surface area (Å²) in [5, 5.41) is 14.7. The van der Waals surface area contributed by atoms with Gasteiger partial charge in [0.15, 0.2) is 0 Å². The normalized spacial score (nSPS) is 15.0. The lowest BCUT2D eigenvalue weighted by atomic mass is 9.86. The van der Waals surface area contributed by atoms with Gasteiger partial charge in [0.1, 0.15) is 12.1 Å². The molecule has 2 aliphatic heterocycles. The van der Waals surface area contributed by atoms with Gasteiger partial charge in [-0.15, -0.1) is 0 Å². The summed E-state index contributed by atoms with van der Waals surface area (Å²) < 4.78 is 10.1. The Kier molecular flexibility index (Phi) is 19.7. The Morgan fingerprint density at radius 3 is 1.31 bits per heavy atom. The number of benzene rings is 4. The number of carbonyl (C=O) groups is 4. The topological polar surface area (TPSA) is 138 Å². The first-order chi connectivity index (χ1) is 31.4. The van der Waals surface area contributed by atoms with Crippen LogP contribution in [0.15, 0.2) is 108 Å². The van der Waals surface area contributed by atoms with Crippen molar-refractivity contribution in [1.82, 2.24) is 20.4 Å². The number of aliphatic hydroxyl groups is 1. The average molecular weight is 925 g/mol. The van der Waals surface area contributed by atoms with E-state index in [4.69, 9.17) is 9.47 Å². The minimum Gasteiger partial charge on any atom is -0.450 e. The fourth-order valence-electron chi connectivity index (χ4n) is 8.86. The summed E-state index contributed by atoms with van der Waals surface area (Å²) in [5.74, 6) is -0.151. The summed E-state index contributed by atoms with van der Waals surface area (Å²) in [6.07, 6.45) is 10.8. The van der Waals surface area contributed by atoms with Crippen molar-refractivity contribution >= 4 is 59.5 Å². The molecule has 4 aromatic rings. The Morgan fingerprint density at radius 2 is 0.956 bits per heavy atom. The summed E-state index contributed by atoms with van der Waals surface area (Å²) >= 11 is 0. The minimum absolute atomic E-state index is 0. The number of amides is 4. The van der Waals surface area contributed by atoms with Gasteiger partial charge in [-0.1, -0.05) is 155 Å². The van der Waals surface area contributed by atoms with Gasteiger partial charge in [0.2, 0.25) is 11.8 Å². The van der Waals surface area contributed by atoms with Crippen LogP contribution >= 0.6 is 0 Å². The van der Waals surface area contributed by atoms with Crippen molar-refractivity contribution < 1.29 is 33.8 Å². The van der Waals surface area contributed by atoms with Crippen LogP contribution in [0.4, 0.5) is 9.59 Å². The van der Waals surface area contributed by atoms with Crippen molar-refractivity contribution in [3.8, 4) is 0 Å². The number of fused-ring (bicyclic) bond motifs is 4. The third-order valence-electron chi connectivity index (χ3n) is 12.0. The molecule has 68 heavy (non-hydrogen) atoms. The van der Waals surface area contributed by atoms with Crippen LogP contribution in [0.5, 0.6) is 0 Å². The Morgan fingerprint density at radius 1 is 0.588 bits per heavy atom. The van der Waals surface area contributed by atoms with Crippen molar-refractivity contribution in [2.45, 2.75) is 93.7 Å². The number of likely N-dealkylation sites (tertiary alicyclic amines) is 2. The summed E-state index contributed by atoms with van der Waals surface area (Å²) in [6, 6.07) is 33.2. The highest BCUT2D eigenvalue weighted by Gasteiger charge is 2.28. The SMILES string of the molecule is C.C.C.CC(C)(C)OC(=O)NCC(=O)N1CCC(=C2c3ccccc3C=Cc3ccccc32)CC1.CCOC(=O)N[C@@H](CO)CC(=O)N1CCC(=C2c3ccccc3C=Cc3ccccc32)CC1. The second-order valence-electron chi connectivity index (χ2n) is 17.5. The van der Waals surface area contributed by atoms with E-state index in [1.54, 1.807) is 27.7 Å². The Balaban J connectivity index is 0.000000284. The maximum atomic E-state index is 12.8. The van der Waals surface area contributed by atoms with E-state index in [1.165, 1.54) is 66.8 Å². The Labute approximate surface area is 404 Å². The molecule has 4 aromatic carbocycles. The van der Waals surface area contributed by atoms with E-state index in [2.05, 4.69) is 132 Å². The van der Waals surface area contributed by atoms with Crippen molar-refractivity contribution in [1.29, 1.82) is 0 Å². The van der Waals surface area contributed by atoms with Crippen LogP contribution in [-0.2, 0) is 19.1 Å². The molecule has 2 heterocycles. The number of piperidine rings is 2. The highest BCUT2D eigenvalue weighted by molar-refractivity contribution is 5.96. The number of rotatable bonds is 7. The molecule has 0 bridgehead atoms. The lowest BCUT2D eigenvalue weighted by Gasteiger charge is -2.31. The molecule has 362 valence electrons. The largest absolute Gasteiger partial charge is 0.450 e. The summed E-state index contributed by atoms with van der Waals surface area (Å²) in [7, 11) is 0. The zero-order valence-electron chi connectivity index (χ0n) is 37.9.